The van der Waals surface area contributed by atoms with Crippen LogP contribution in [0.1, 0.15) is 60.7 Å². The number of hydrogen-bond acceptors (Lipinski definition) is 3. The minimum absolute atomic E-state index is 0.0849. The van der Waals surface area contributed by atoms with Crippen molar-refractivity contribution in [1.82, 2.24) is 10.2 Å². The molecule has 0 saturated heterocycles. The van der Waals surface area contributed by atoms with E-state index in [9.17, 15) is 14.4 Å². The van der Waals surface area contributed by atoms with Crippen molar-refractivity contribution in [2.75, 3.05) is 13.1 Å². The highest BCUT2D eigenvalue weighted by Gasteiger charge is 2.20. The normalized spacial score (nSPS) is 11.6. The third kappa shape index (κ3) is 5.37. The second-order valence-electron chi connectivity index (χ2n) is 5.56. The van der Waals surface area contributed by atoms with E-state index in [0.29, 0.717) is 30.6 Å². The number of nitrogens with zero attached hydrogens (tertiary/aromatic N) is 1. The SMILES string of the molecule is CCCC[C@H](NC(=O)c1ccc(C(=O)N(CC)CC)cc1)C(=O)O. The molecule has 1 aromatic carbocycles. The van der Waals surface area contributed by atoms with E-state index in [-0.39, 0.29) is 5.91 Å². The smallest absolute Gasteiger partial charge is 0.326 e. The van der Waals surface area contributed by atoms with Crippen LogP contribution in [0, 0.1) is 0 Å². The molecule has 0 aromatic heterocycles. The molecule has 0 radical (unpaired) electrons. The van der Waals surface area contributed by atoms with Gasteiger partial charge >= 0.3 is 5.97 Å². The fraction of sp³-hybridized carbons (Fsp3) is 0.500. The highest BCUT2D eigenvalue weighted by Crippen LogP contribution is 2.09. The van der Waals surface area contributed by atoms with Crippen molar-refractivity contribution < 1.29 is 19.5 Å². The molecule has 0 heterocycles. The van der Waals surface area contributed by atoms with Gasteiger partial charge in [-0.3, -0.25) is 9.59 Å². The first-order chi connectivity index (χ1) is 11.4. The molecule has 0 saturated carbocycles. The summed E-state index contributed by atoms with van der Waals surface area (Å²) in [5.41, 5.74) is 0.852. The van der Waals surface area contributed by atoms with Gasteiger partial charge in [0.25, 0.3) is 11.8 Å². The van der Waals surface area contributed by atoms with Gasteiger partial charge in [0.1, 0.15) is 6.04 Å². The quantitative estimate of drug-likeness (QED) is 0.726. The maximum Gasteiger partial charge on any atom is 0.326 e. The Hall–Kier alpha value is -2.37. The summed E-state index contributed by atoms with van der Waals surface area (Å²) in [5, 5.41) is 11.7. The average Bonchev–Trinajstić information content (AvgIpc) is 2.59. The van der Waals surface area contributed by atoms with Gasteiger partial charge < -0.3 is 15.3 Å². The number of nitrogens with one attached hydrogen (secondary N) is 1. The molecule has 0 aliphatic heterocycles. The summed E-state index contributed by atoms with van der Waals surface area (Å²) in [6.45, 7) is 7.02. The number of unbranched alkanes of at least 4 members (excludes halogenated alkanes) is 1. The van der Waals surface area contributed by atoms with Crippen LogP contribution >= 0.6 is 0 Å². The van der Waals surface area contributed by atoms with Crippen LogP contribution in [0.15, 0.2) is 24.3 Å². The van der Waals surface area contributed by atoms with Crippen LogP contribution in [-0.2, 0) is 4.79 Å². The van der Waals surface area contributed by atoms with E-state index in [1.807, 2.05) is 20.8 Å². The van der Waals surface area contributed by atoms with Crippen LogP contribution in [0.3, 0.4) is 0 Å². The van der Waals surface area contributed by atoms with Crippen LogP contribution in [-0.4, -0.2) is 46.9 Å². The molecule has 24 heavy (non-hydrogen) atoms. The molecule has 1 aromatic rings. The lowest BCUT2D eigenvalue weighted by Gasteiger charge is -2.18. The maximum absolute atomic E-state index is 12.2. The standard InChI is InChI=1S/C18H26N2O4/c1-4-7-8-15(18(23)24)19-16(21)13-9-11-14(12-10-13)17(22)20(5-2)6-3/h9-12,15H,4-8H2,1-3H3,(H,19,21)(H,23,24)/t15-/m0/s1. The number of hydrogen-bond donors (Lipinski definition) is 2. The summed E-state index contributed by atoms with van der Waals surface area (Å²) in [4.78, 5) is 37.3. The number of carbonyl (C=O) groups is 3. The lowest BCUT2D eigenvalue weighted by molar-refractivity contribution is -0.139. The van der Waals surface area contributed by atoms with Gasteiger partial charge in [-0.05, 0) is 44.5 Å². The third-order valence-electron chi connectivity index (χ3n) is 3.89. The number of carboxylic acid groups (broad SMARTS) is 1. The van der Waals surface area contributed by atoms with E-state index in [1.165, 1.54) is 0 Å². The zero-order chi connectivity index (χ0) is 18.1. The molecule has 132 valence electrons. The summed E-state index contributed by atoms with van der Waals surface area (Å²) in [6, 6.07) is 5.39. The molecule has 0 aliphatic rings. The van der Waals surface area contributed by atoms with E-state index in [0.717, 1.165) is 12.8 Å². The summed E-state index contributed by atoms with van der Waals surface area (Å²) < 4.78 is 0. The first kappa shape index (κ1) is 19.7. The molecule has 2 N–H and O–H groups in total. The predicted molar refractivity (Wildman–Crippen MR) is 92.1 cm³/mol. The molecule has 6 nitrogen and oxygen atoms in total. The zero-order valence-electron chi connectivity index (χ0n) is 14.5. The van der Waals surface area contributed by atoms with Crippen molar-refractivity contribution in [3.05, 3.63) is 35.4 Å². The first-order valence-electron chi connectivity index (χ1n) is 8.37. The lowest BCUT2D eigenvalue weighted by Crippen LogP contribution is -2.40. The summed E-state index contributed by atoms with van der Waals surface area (Å²) >= 11 is 0. The Kier molecular flexibility index (Phi) is 7.95. The van der Waals surface area contributed by atoms with Crippen LogP contribution < -0.4 is 5.32 Å². The second-order valence-corrected chi connectivity index (χ2v) is 5.56. The minimum Gasteiger partial charge on any atom is -0.480 e. The number of rotatable bonds is 9. The van der Waals surface area contributed by atoms with E-state index in [4.69, 9.17) is 5.11 Å². The van der Waals surface area contributed by atoms with Crippen LogP contribution in [0.2, 0.25) is 0 Å². The Morgan fingerprint density at radius 1 is 1.04 bits per heavy atom. The van der Waals surface area contributed by atoms with Crippen LogP contribution in [0.5, 0.6) is 0 Å². The van der Waals surface area contributed by atoms with E-state index >= 15 is 0 Å². The topological polar surface area (TPSA) is 86.7 Å². The fourth-order valence-electron chi connectivity index (χ4n) is 2.36. The summed E-state index contributed by atoms with van der Waals surface area (Å²) in [7, 11) is 0. The van der Waals surface area contributed by atoms with Crippen LogP contribution in [0.4, 0.5) is 0 Å². The molecule has 0 fully saturated rings. The van der Waals surface area contributed by atoms with Crippen molar-refractivity contribution in [3.8, 4) is 0 Å². The fourth-order valence-corrected chi connectivity index (χ4v) is 2.36. The monoisotopic (exact) mass is 334 g/mol. The van der Waals surface area contributed by atoms with Gasteiger partial charge in [0.15, 0.2) is 0 Å². The number of aliphatic carboxylic acids is 1. The largest absolute Gasteiger partial charge is 0.480 e. The summed E-state index contributed by atoms with van der Waals surface area (Å²) in [6.07, 6.45) is 1.99. The second kappa shape index (κ2) is 9.70. The first-order valence-corrected chi connectivity index (χ1v) is 8.37. The number of carboxylic acids is 1. The Bertz CT molecular complexity index is 565. The highest BCUT2D eigenvalue weighted by molar-refractivity contribution is 5.99. The third-order valence-corrected chi connectivity index (χ3v) is 3.89. The van der Waals surface area contributed by atoms with Gasteiger partial charge in [-0.15, -0.1) is 0 Å². The molecule has 0 bridgehead atoms. The minimum atomic E-state index is -1.04. The number of carbonyl (C=O) groups excluding carboxylic acids is 2. The molecule has 0 spiro atoms. The molecule has 0 unspecified atom stereocenters. The number of benzene rings is 1. The predicted octanol–water partition coefficient (Wildman–Crippen LogP) is 2.54. The average molecular weight is 334 g/mol. The van der Waals surface area contributed by atoms with Crippen molar-refractivity contribution >= 4 is 17.8 Å². The van der Waals surface area contributed by atoms with Crippen LogP contribution in [0.25, 0.3) is 0 Å². The van der Waals surface area contributed by atoms with Crippen molar-refractivity contribution in [2.45, 2.75) is 46.1 Å². The molecule has 0 aliphatic carbocycles. The van der Waals surface area contributed by atoms with E-state index in [2.05, 4.69) is 5.32 Å². The van der Waals surface area contributed by atoms with Crippen molar-refractivity contribution in [3.63, 3.8) is 0 Å². The Balaban J connectivity index is 2.79. The molecule has 6 heteroatoms. The highest BCUT2D eigenvalue weighted by atomic mass is 16.4. The zero-order valence-corrected chi connectivity index (χ0v) is 14.5. The van der Waals surface area contributed by atoms with Gasteiger partial charge in [0, 0.05) is 24.2 Å². The molecule has 1 rings (SSSR count). The molecule has 1 atom stereocenters. The van der Waals surface area contributed by atoms with Gasteiger partial charge in [-0.25, -0.2) is 4.79 Å². The molecule has 2 amide bonds. The van der Waals surface area contributed by atoms with E-state index < -0.39 is 17.9 Å². The Labute approximate surface area is 142 Å². The van der Waals surface area contributed by atoms with E-state index in [1.54, 1.807) is 29.2 Å². The number of amides is 2. The van der Waals surface area contributed by atoms with Gasteiger partial charge in [-0.2, -0.15) is 0 Å². The lowest BCUT2D eigenvalue weighted by atomic mass is 10.1. The van der Waals surface area contributed by atoms with Gasteiger partial charge in [0.05, 0.1) is 0 Å². The Morgan fingerprint density at radius 2 is 1.58 bits per heavy atom. The van der Waals surface area contributed by atoms with Crippen molar-refractivity contribution in [2.24, 2.45) is 0 Å². The maximum atomic E-state index is 12.2. The van der Waals surface area contributed by atoms with Gasteiger partial charge in [-0.1, -0.05) is 19.8 Å². The van der Waals surface area contributed by atoms with Gasteiger partial charge in [0.2, 0.25) is 0 Å². The molecular formula is C18H26N2O4. The van der Waals surface area contributed by atoms with Crippen molar-refractivity contribution in [1.29, 1.82) is 0 Å². The summed E-state index contributed by atoms with van der Waals surface area (Å²) in [5.74, 6) is -1.57. The Morgan fingerprint density at radius 3 is 2.04 bits per heavy atom. The molecular weight excluding hydrogens is 308 g/mol.